The molecule has 1 fully saturated rings. The Morgan fingerprint density at radius 3 is 2.45 bits per heavy atom. The molecule has 2 aromatic carbocycles. The van der Waals surface area contributed by atoms with Gasteiger partial charge in [0.2, 0.25) is 5.91 Å². The Labute approximate surface area is 131 Å². The van der Waals surface area contributed by atoms with Gasteiger partial charge in [0, 0.05) is 12.6 Å². The average molecular weight is 294 g/mol. The summed E-state index contributed by atoms with van der Waals surface area (Å²) < 4.78 is 0. The highest BCUT2D eigenvalue weighted by atomic mass is 16.1. The highest BCUT2D eigenvalue weighted by Gasteiger charge is 2.15. The van der Waals surface area contributed by atoms with E-state index in [1.807, 2.05) is 30.3 Å². The molecule has 0 saturated carbocycles. The average Bonchev–Trinajstić information content (AvgIpc) is 2.57. The fraction of sp³-hybridized carbons (Fsp3) is 0.316. The molecule has 1 heterocycles. The Morgan fingerprint density at radius 1 is 1.05 bits per heavy atom. The lowest BCUT2D eigenvalue weighted by Gasteiger charge is -2.23. The summed E-state index contributed by atoms with van der Waals surface area (Å²) in [6.45, 7) is 1.95. The van der Waals surface area contributed by atoms with E-state index in [1.54, 1.807) is 0 Å². The molecule has 1 amide bonds. The first-order valence-corrected chi connectivity index (χ1v) is 7.96. The summed E-state index contributed by atoms with van der Waals surface area (Å²) in [4.78, 5) is 12.1. The van der Waals surface area contributed by atoms with Gasteiger partial charge >= 0.3 is 0 Å². The number of benzene rings is 2. The molecule has 22 heavy (non-hydrogen) atoms. The number of amides is 1. The molecule has 0 bridgehead atoms. The minimum atomic E-state index is 0.112. The standard InChI is InChI=1S/C19H22N2O/c22-19(21-18-7-4-12-20-14-18)13-15-8-10-17(11-9-15)16-5-2-1-3-6-16/h1-3,5-6,8-11,18,20H,4,7,12-14H2,(H,21,22)/t18-/m0/s1. The van der Waals surface area contributed by atoms with Crippen molar-refractivity contribution in [1.82, 2.24) is 10.6 Å². The van der Waals surface area contributed by atoms with Crippen LogP contribution in [0.5, 0.6) is 0 Å². The van der Waals surface area contributed by atoms with Gasteiger partial charge in [-0.3, -0.25) is 4.79 Å². The molecular weight excluding hydrogens is 272 g/mol. The maximum Gasteiger partial charge on any atom is 0.224 e. The number of carbonyl (C=O) groups is 1. The van der Waals surface area contributed by atoms with Crippen molar-refractivity contribution in [3.8, 4) is 11.1 Å². The zero-order chi connectivity index (χ0) is 15.2. The second-order valence-corrected chi connectivity index (χ2v) is 5.85. The summed E-state index contributed by atoms with van der Waals surface area (Å²) in [6, 6.07) is 18.8. The van der Waals surface area contributed by atoms with E-state index in [0.717, 1.165) is 31.5 Å². The number of hydrogen-bond donors (Lipinski definition) is 2. The maximum absolute atomic E-state index is 12.1. The van der Waals surface area contributed by atoms with Crippen LogP contribution >= 0.6 is 0 Å². The first-order valence-electron chi connectivity index (χ1n) is 7.96. The van der Waals surface area contributed by atoms with Crippen LogP contribution in [-0.2, 0) is 11.2 Å². The Kier molecular flexibility index (Phi) is 4.86. The second kappa shape index (κ2) is 7.23. The smallest absolute Gasteiger partial charge is 0.224 e. The highest BCUT2D eigenvalue weighted by Crippen LogP contribution is 2.19. The van der Waals surface area contributed by atoms with Crippen molar-refractivity contribution in [2.45, 2.75) is 25.3 Å². The third-order valence-electron chi connectivity index (χ3n) is 4.09. The number of hydrogen-bond acceptors (Lipinski definition) is 2. The Balaban J connectivity index is 1.57. The molecule has 1 atom stereocenters. The van der Waals surface area contributed by atoms with Gasteiger partial charge < -0.3 is 10.6 Å². The normalized spacial score (nSPS) is 17.9. The van der Waals surface area contributed by atoms with Gasteiger partial charge in [-0.1, -0.05) is 54.6 Å². The minimum absolute atomic E-state index is 0.112. The van der Waals surface area contributed by atoms with Crippen molar-refractivity contribution in [2.24, 2.45) is 0 Å². The molecular formula is C19H22N2O. The zero-order valence-corrected chi connectivity index (χ0v) is 12.7. The van der Waals surface area contributed by atoms with E-state index in [0.29, 0.717) is 6.42 Å². The Hall–Kier alpha value is -2.13. The largest absolute Gasteiger partial charge is 0.352 e. The first kappa shape index (κ1) is 14.8. The molecule has 2 aromatic rings. The molecule has 3 rings (SSSR count). The molecule has 1 aliphatic heterocycles. The van der Waals surface area contributed by atoms with Gasteiger partial charge in [-0.05, 0) is 36.1 Å². The van der Waals surface area contributed by atoms with Crippen LogP contribution in [0.25, 0.3) is 11.1 Å². The van der Waals surface area contributed by atoms with Crippen molar-refractivity contribution in [1.29, 1.82) is 0 Å². The van der Waals surface area contributed by atoms with Crippen molar-refractivity contribution in [3.63, 3.8) is 0 Å². The van der Waals surface area contributed by atoms with Gasteiger partial charge in [-0.2, -0.15) is 0 Å². The summed E-state index contributed by atoms with van der Waals surface area (Å²) in [5, 5.41) is 6.43. The maximum atomic E-state index is 12.1. The fourth-order valence-corrected chi connectivity index (χ4v) is 2.88. The van der Waals surface area contributed by atoms with Crippen molar-refractivity contribution < 1.29 is 4.79 Å². The van der Waals surface area contributed by atoms with Crippen LogP contribution in [0, 0.1) is 0 Å². The molecule has 2 N–H and O–H groups in total. The quantitative estimate of drug-likeness (QED) is 0.910. The zero-order valence-electron chi connectivity index (χ0n) is 12.7. The van der Waals surface area contributed by atoms with Gasteiger partial charge in [0.15, 0.2) is 0 Å². The summed E-state index contributed by atoms with van der Waals surface area (Å²) in [5.41, 5.74) is 3.44. The van der Waals surface area contributed by atoms with Gasteiger partial charge in [0.05, 0.1) is 6.42 Å². The summed E-state index contributed by atoms with van der Waals surface area (Å²) in [7, 11) is 0. The predicted molar refractivity (Wildman–Crippen MR) is 89.6 cm³/mol. The van der Waals surface area contributed by atoms with E-state index in [4.69, 9.17) is 0 Å². The molecule has 3 heteroatoms. The molecule has 1 saturated heterocycles. The monoisotopic (exact) mass is 294 g/mol. The molecule has 0 unspecified atom stereocenters. The Bertz CT molecular complexity index is 601. The number of piperidine rings is 1. The highest BCUT2D eigenvalue weighted by molar-refractivity contribution is 5.79. The SMILES string of the molecule is O=C(Cc1ccc(-c2ccccc2)cc1)N[C@H]1CCCNC1. The van der Waals surface area contributed by atoms with Crippen LogP contribution in [0.15, 0.2) is 54.6 Å². The van der Waals surface area contributed by atoms with Crippen LogP contribution in [0.1, 0.15) is 18.4 Å². The number of carbonyl (C=O) groups excluding carboxylic acids is 1. The molecule has 3 nitrogen and oxygen atoms in total. The van der Waals surface area contributed by atoms with Crippen molar-refractivity contribution in [3.05, 3.63) is 60.2 Å². The Morgan fingerprint density at radius 2 is 1.77 bits per heavy atom. The van der Waals surface area contributed by atoms with Crippen molar-refractivity contribution in [2.75, 3.05) is 13.1 Å². The molecule has 0 aliphatic carbocycles. The lowest BCUT2D eigenvalue weighted by atomic mass is 10.0. The van der Waals surface area contributed by atoms with Crippen LogP contribution in [0.2, 0.25) is 0 Å². The topological polar surface area (TPSA) is 41.1 Å². The molecule has 0 radical (unpaired) electrons. The predicted octanol–water partition coefficient (Wildman–Crippen LogP) is 2.76. The van der Waals surface area contributed by atoms with Crippen LogP contribution < -0.4 is 10.6 Å². The summed E-state index contributed by atoms with van der Waals surface area (Å²) in [5.74, 6) is 0.112. The lowest BCUT2D eigenvalue weighted by molar-refractivity contribution is -0.121. The van der Waals surface area contributed by atoms with Crippen LogP contribution in [-0.4, -0.2) is 25.0 Å². The molecule has 0 spiro atoms. The minimum Gasteiger partial charge on any atom is -0.352 e. The van der Waals surface area contributed by atoms with Gasteiger partial charge in [-0.25, -0.2) is 0 Å². The van der Waals surface area contributed by atoms with E-state index in [2.05, 4.69) is 34.9 Å². The third kappa shape index (κ3) is 3.95. The second-order valence-electron chi connectivity index (χ2n) is 5.85. The first-order chi connectivity index (χ1) is 10.8. The van der Waals surface area contributed by atoms with Gasteiger partial charge in [-0.15, -0.1) is 0 Å². The summed E-state index contributed by atoms with van der Waals surface area (Å²) >= 11 is 0. The van der Waals surface area contributed by atoms with Crippen molar-refractivity contribution >= 4 is 5.91 Å². The van der Waals surface area contributed by atoms with E-state index in [1.165, 1.54) is 11.1 Å². The van der Waals surface area contributed by atoms with E-state index < -0.39 is 0 Å². The third-order valence-corrected chi connectivity index (χ3v) is 4.09. The van der Waals surface area contributed by atoms with Gasteiger partial charge in [0.1, 0.15) is 0 Å². The van der Waals surface area contributed by atoms with E-state index >= 15 is 0 Å². The van der Waals surface area contributed by atoms with E-state index in [9.17, 15) is 4.79 Å². The van der Waals surface area contributed by atoms with Crippen LogP contribution in [0.4, 0.5) is 0 Å². The van der Waals surface area contributed by atoms with E-state index in [-0.39, 0.29) is 11.9 Å². The van der Waals surface area contributed by atoms with Crippen LogP contribution in [0.3, 0.4) is 0 Å². The lowest BCUT2D eigenvalue weighted by Crippen LogP contribution is -2.46. The molecule has 114 valence electrons. The molecule has 0 aromatic heterocycles. The van der Waals surface area contributed by atoms with Gasteiger partial charge in [0.25, 0.3) is 0 Å². The molecule has 1 aliphatic rings. The number of nitrogens with one attached hydrogen (secondary N) is 2. The summed E-state index contributed by atoms with van der Waals surface area (Å²) in [6.07, 6.45) is 2.66. The fourth-order valence-electron chi connectivity index (χ4n) is 2.88. The number of rotatable bonds is 4.